The lowest BCUT2D eigenvalue weighted by Crippen LogP contribution is -2.25. The average Bonchev–Trinajstić information content (AvgIpc) is 2.03. The molecule has 0 aliphatic rings. The second-order valence-electron chi connectivity index (χ2n) is 3.16. The quantitative estimate of drug-likeness (QED) is 0.759. The van der Waals surface area contributed by atoms with E-state index in [0.717, 1.165) is 5.56 Å². The molecule has 1 aromatic rings. The van der Waals surface area contributed by atoms with Crippen molar-refractivity contribution in [2.24, 2.45) is 5.73 Å². The monoisotopic (exact) mass is 200 g/mol. The van der Waals surface area contributed by atoms with Gasteiger partial charge in [0.1, 0.15) is 6.10 Å². The van der Waals surface area contributed by atoms with Crippen LogP contribution in [-0.4, -0.2) is 16.1 Å². The highest BCUT2D eigenvalue weighted by atomic mass is 35.5. The summed E-state index contributed by atoms with van der Waals surface area (Å²) >= 11 is 5.73. The third-order valence-electron chi connectivity index (χ3n) is 1.86. The van der Waals surface area contributed by atoms with Gasteiger partial charge >= 0.3 is 0 Å². The third kappa shape index (κ3) is 2.40. The number of pyridine rings is 1. The van der Waals surface area contributed by atoms with Crippen molar-refractivity contribution in [1.29, 1.82) is 0 Å². The largest absolute Gasteiger partial charge is 0.385 e. The normalized spacial score (nSPS) is 15.5. The fourth-order valence-corrected chi connectivity index (χ4v) is 1.32. The van der Waals surface area contributed by atoms with E-state index in [1.165, 1.54) is 6.20 Å². The predicted octanol–water partition coefficient (Wildman–Crippen LogP) is 1.42. The minimum Gasteiger partial charge on any atom is -0.385 e. The first-order valence-corrected chi connectivity index (χ1v) is 4.46. The van der Waals surface area contributed by atoms with Gasteiger partial charge in [-0.2, -0.15) is 0 Å². The SMILES string of the molecule is Cc1cc(Cl)cnc1C(O)C(C)N. The van der Waals surface area contributed by atoms with Gasteiger partial charge in [-0.25, -0.2) is 0 Å². The molecule has 1 rings (SSSR count). The van der Waals surface area contributed by atoms with Crippen LogP contribution in [0.3, 0.4) is 0 Å². The van der Waals surface area contributed by atoms with Gasteiger partial charge in [0.05, 0.1) is 10.7 Å². The Morgan fingerprint density at radius 1 is 1.62 bits per heavy atom. The van der Waals surface area contributed by atoms with E-state index < -0.39 is 6.10 Å². The Balaban J connectivity index is 3.01. The molecule has 0 aromatic carbocycles. The second kappa shape index (κ2) is 4.05. The highest BCUT2D eigenvalue weighted by Gasteiger charge is 2.15. The van der Waals surface area contributed by atoms with Crippen molar-refractivity contribution >= 4 is 11.6 Å². The molecule has 0 amide bonds. The molecule has 13 heavy (non-hydrogen) atoms. The summed E-state index contributed by atoms with van der Waals surface area (Å²) in [6, 6.07) is 1.43. The molecule has 0 saturated carbocycles. The molecule has 0 aliphatic carbocycles. The molecule has 1 heterocycles. The van der Waals surface area contributed by atoms with Gasteiger partial charge in [0.15, 0.2) is 0 Å². The summed E-state index contributed by atoms with van der Waals surface area (Å²) in [6.07, 6.45) is 0.785. The van der Waals surface area contributed by atoms with Crippen LogP contribution in [0.15, 0.2) is 12.3 Å². The first-order chi connectivity index (χ1) is 6.02. The summed E-state index contributed by atoms with van der Waals surface area (Å²) < 4.78 is 0. The van der Waals surface area contributed by atoms with Crippen LogP contribution in [0.1, 0.15) is 24.3 Å². The van der Waals surface area contributed by atoms with Crippen LogP contribution in [-0.2, 0) is 0 Å². The standard InChI is InChI=1S/C9H13ClN2O/c1-5-3-7(10)4-12-8(5)9(13)6(2)11/h3-4,6,9,13H,11H2,1-2H3. The number of aliphatic hydroxyl groups excluding tert-OH is 1. The van der Waals surface area contributed by atoms with E-state index in [0.29, 0.717) is 10.7 Å². The van der Waals surface area contributed by atoms with Crippen molar-refractivity contribution in [3.8, 4) is 0 Å². The Labute approximate surface area is 82.5 Å². The number of nitrogens with two attached hydrogens (primary N) is 1. The van der Waals surface area contributed by atoms with Crippen molar-refractivity contribution in [2.75, 3.05) is 0 Å². The molecular weight excluding hydrogens is 188 g/mol. The number of nitrogens with zero attached hydrogens (tertiary/aromatic N) is 1. The molecular formula is C9H13ClN2O. The van der Waals surface area contributed by atoms with E-state index in [2.05, 4.69) is 4.98 Å². The van der Waals surface area contributed by atoms with Gasteiger partial charge in [0, 0.05) is 12.2 Å². The molecule has 2 atom stereocenters. The van der Waals surface area contributed by atoms with Gasteiger partial charge in [-0.1, -0.05) is 11.6 Å². The zero-order valence-electron chi connectivity index (χ0n) is 7.66. The molecule has 4 heteroatoms. The van der Waals surface area contributed by atoms with Crippen molar-refractivity contribution in [2.45, 2.75) is 26.0 Å². The van der Waals surface area contributed by atoms with Crippen molar-refractivity contribution in [3.05, 3.63) is 28.5 Å². The topological polar surface area (TPSA) is 59.1 Å². The number of aliphatic hydroxyl groups is 1. The highest BCUT2D eigenvalue weighted by molar-refractivity contribution is 6.30. The van der Waals surface area contributed by atoms with E-state index in [-0.39, 0.29) is 6.04 Å². The summed E-state index contributed by atoms with van der Waals surface area (Å²) in [5, 5.41) is 10.2. The molecule has 0 fully saturated rings. The van der Waals surface area contributed by atoms with Crippen LogP contribution >= 0.6 is 11.6 Å². The van der Waals surface area contributed by atoms with Gasteiger partial charge in [-0.05, 0) is 25.5 Å². The van der Waals surface area contributed by atoms with Gasteiger partial charge in [0.25, 0.3) is 0 Å². The Bertz CT molecular complexity index is 302. The van der Waals surface area contributed by atoms with E-state index in [1.807, 2.05) is 6.92 Å². The molecule has 1 aromatic heterocycles. The van der Waals surface area contributed by atoms with Gasteiger partial charge < -0.3 is 10.8 Å². The molecule has 0 bridgehead atoms. The van der Waals surface area contributed by atoms with Crippen molar-refractivity contribution in [3.63, 3.8) is 0 Å². The van der Waals surface area contributed by atoms with E-state index in [4.69, 9.17) is 17.3 Å². The van der Waals surface area contributed by atoms with E-state index >= 15 is 0 Å². The number of rotatable bonds is 2. The molecule has 3 N–H and O–H groups in total. The van der Waals surface area contributed by atoms with Gasteiger partial charge in [-0.15, -0.1) is 0 Å². The first kappa shape index (κ1) is 10.4. The van der Waals surface area contributed by atoms with Crippen LogP contribution < -0.4 is 5.73 Å². The number of aryl methyl sites for hydroxylation is 1. The maximum atomic E-state index is 9.64. The summed E-state index contributed by atoms with van der Waals surface area (Å²) in [5.41, 5.74) is 7.01. The molecule has 3 nitrogen and oxygen atoms in total. The lowest BCUT2D eigenvalue weighted by Gasteiger charge is -2.15. The number of aromatic nitrogens is 1. The minimum absolute atomic E-state index is 0.327. The van der Waals surface area contributed by atoms with Crippen LogP contribution in [0.5, 0.6) is 0 Å². The molecule has 0 spiro atoms. The molecule has 2 unspecified atom stereocenters. The lowest BCUT2D eigenvalue weighted by atomic mass is 10.1. The minimum atomic E-state index is -0.725. The smallest absolute Gasteiger partial charge is 0.111 e. The van der Waals surface area contributed by atoms with Crippen LogP contribution in [0.25, 0.3) is 0 Å². The van der Waals surface area contributed by atoms with Gasteiger partial charge in [0.2, 0.25) is 0 Å². The molecule has 0 saturated heterocycles. The summed E-state index contributed by atoms with van der Waals surface area (Å²) in [4.78, 5) is 4.04. The average molecular weight is 201 g/mol. The van der Waals surface area contributed by atoms with Crippen LogP contribution in [0, 0.1) is 6.92 Å². The number of hydrogen-bond donors (Lipinski definition) is 2. The second-order valence-corrected chi connectivity index (χ2v) is 3.60. The zero-order valence-corrected chi connectivity index (χ0v) is 8.42. The first-order valence-electron chi connectivity index (χ1n) is 4.08. The Morgan fingerprint density at radius 2 is 2.23 bits per heavy atom. The van der Waals surface area contributed by atoms with E-state index in [9.17, 15) is 5.11 Å². The van der Waals surface area contributed by atoms with Crippen molar-refractivity contribution in [1.82, 2.24) is 4.98 Å². The maximum Gasteiger partial charge on any atom is 0.111 e. The van der Waals surface area contributed by atoms with E-state index in [1.54, 1.807) is 13.0 Å². The highest BCUT2D eigenvalue weighted by Crippen LogP contribution is 2.19. The molecule has 0 aliphatic heterocycles. The molecule has 72 valence electrons. The summed E-state index contributed by atoms with van der Waals surface area (Å²) in [6.45, 7) is 3.58. The fourth-order valence-electron chi connectivity index (χ4n) is 1.11. The third-order valence-corrected chi connectivity index (χ3v) is 2.07. The number of hydrogen-bond acceptors (Lipinski definition) is 3. The van der Waals surface area contributed by atoms with Gasteiger partial charge in [-0.3, -0.25) is 4.98 Å². The summed E-state index contributed by atoms with van der Waals surface area (Å²) in [5.74, 6) is 0. The zero-order chi connectivity index (χ0) is 10.0. The van der Waals surface area contributed by atoms with Crippen LogP contribution in [0.2, 0.25) is 5.02 Å². The fraction of sp³-hybridized carbons (Fsp3) is 0.444. The predicted molar refractivity (Wildman–Crippen MR) is 52.6 cm³/mol. The Hall–Kier alpha value is -0.640. The number of halogens is 1. The Kier molecular flexibility index (Phi) is 3.25. The Morgan fingerprint density at radius 3 is 2.69 bits per heavy atom. The maximum absolute atomic E-state index is 9.64. The van der Waals surface area contributed by atoms with Crippen molar-refractivity contribution < 1.29 is 5.11 Å². The molecule has 0 radical (unpaired) electrons. The summed E-state index contributed by atoms with van der Waals surface area (Å²) in [7, 11) is 0. The van der Waals surface area contributed by atoms with Crippen LogP contribution in [0.4, 0.5) is 0 Å². The lowest BCUT2D eigenvalue weighted by molar-refractivity contribution is 0.148.